The smallest absolute Gasteiger partial charge is 0.346 e. The van der Waals surface area contributed by atoms with E-state index in [1.807, 2.05) is 0 Å². The van der Waals surface area contributed by atoms with Crippen LogP contribution >= 0.6 is 22.7 Å². The molecule has 0 aromatic carbocycles. The first kappa shape index (κ1) is 13.9. The Labute approximate surface area is 125 Å². The van der Waals surface area contributed by atoms with E-state index in [2.05, 4.69) is 9.97 Å². The lowest BCUT2D eigenvalue weighted by atomic mass is 10.2. The fraction of sp³-hybridized carbons (Fsp3) is 0.154. The lowest BCUT2D eigenvalue weighted by molar-refractivity contribution is 0.0701. The molecule has 5 nitrogen and oxygen atoms in total. The number of carboxylic acids is 1. The number of carboxylic acid groups (broad SMARTS) is 1. The van der Waals surface area contributed by atoms with Crippen molar-refractivity contribution in [3.8, 4) is 0 Å². The molecule has 0 spiro atoms. The van der Waals surface area contributed by atoms with Gasteiger partial charge >= 0.3 is 5.97 Å². The van der Waals surface area contributed by atoms with Crippen molar-refractivity contribution < 1.29 is 14.3 Å². The number of fused-ring (bicyclic) bond motifs is 1. The van der Waals surface area contributed by atoms with Gasteiger partial charge in [-0.1, -0.05) is 0 Å². The summed E-state index contributed by atoms with van der Waals surface area (Å²) >= 11 is 1.95. The Kier molecular flexibility index (Phi) is 3.34. The van der Waals surface area contributed by atoms with Crippen LogP contribution in [-0.2, 0) is 6.42 Å². The summed E-state index contributed by atoms with van der Waals surface area (Å²) in [7, 11) is 0. The summed E-state index contributed by atoms with van der Waals surface area (Å²) in [5.41, 5.74) is 0.767. The third-order valence-electron chi connectivity index (χ3n) is 3.04. The van der Waals surface area contributed by atoms with Gasteiger partial charge in [-0.15, -0.1) is 22.7 Å². The second kappa shape index (κ2) is 5.05. The zero-order valence-electron chi connectivity index (χ0n) is 10.8. The van der Waals surface area contributed by atoms with Gasteiger partial charge in [0.15, 0.2) is 5.13 Å². The van der Waals surface area contributed by atoms with Gasteiger partial charge in [0.25, 0.3) is 5.56 Å². The minimum Gasteiger partial charge on any atom is -0.477 e. The van der Waals surface area contributed by atoms with Gasteiger partial charge in [-0.3, -0.25) is 4.79 Å². The number of nitrogens with zero attached hydrogens (tertiary/aromatic N) is 1. The lowest BCUT2D eigenvalue weighted by Crippen LogP contribution is -2.11. The normalized spacial score (nSPS) is 11.1. The molecule has 21 heavy (non-hydrogen) atoms. The zero-order valence-corrected chi connectivity index (χ0v) is 12.4. The molecule has 0 fully saturated rings. The number of H-pyrrole nitrogens is 1. The first-order valence-corrected chi connectivity index (χ1v) is 7.64. The molecule has 0 aliphatic heterocycles. The topological polar surface area (TPSA) is 83.0 Å². The molecule has 0 unspecified atom stereocenters. The molecule has 0 amide bonds. The van der Waals surface area contributed by atoms with Gasteiger partial charge < -0.3 is 10.1 Å². The number of rotatable bonds is 3. The number of halogens is 1. The van der Waals surface area contributed by atoms with Crippen molar-refractivity contribution in [2.75, 3.05) is 0 Å². The number of aromatic nitrogens is 2. The molecule has 108 valence electrons. The van der Waals surface area contributed by atoms with Crippen molar-refractivity contribution in [3.63, 3.8) is 0 Å². The van der Waals surface area contributed by atoms with Crippen LogP contribution in [0, 0.1) is 12.1 Å². The van der Waals surface area contributed by atoms with Gasteiger partial charge in [0.1, 0.15) is 15.5 Å². The van der Waals surface area contributed by atoms with Crippen LogP contribution in [0.5, 0.6) is 0 Å². The monoisotopic (exact) mass is 324 g/mol. The molecule has 0 radical (unpaired) electrons. The van der Waals surface area contributed by atoms with Gasteiger partial charge in [-0.2, -0.15) is 4.39 Å². The van der Waals surface area contributed by atoms with Crippen molar-refractivity contribution in [3.05, 3.63) is 48.8 Å². The first-order chi connectivity index (χ1) is 9.95. The summed E-state index contributed by atoms with van der Waals surface area (Å²) in [5.74, 6) is -0.681. The molecule has 3 aromatic heterocycles. The van der Waals surface area contributed by atoms with Crippen LogP contribution in [0.2, 0.25) is 0 Å². The quantitative estimate of drug-likeness (QED) is 0.776. The first-order valence-electron chi connectivity index (χ1n) is 5.94. The van der Waals surface area contributed by atoms with Crippen LogP contribution in [0.3, 0.4) is 0 Å². The van der Waals surface area contributed by atoms with E-state index < -0.39 is 5.97 Å². The van der Waals surface area contributed by atoms with E-state index in [0.717, 1.165) is 22.7 Å². The Bertz CT molecular complexity index is 910. The van der Waals surface area contributed by atoms with E-state index in [1.165, 1.54) is 6.07 Å². The Morgan fingerprint density at radius 1 is 1.52 bits per heavy atom. The van der Waals surface area contributed by atoms with Crippen molar-refractivity contribution in [1.29, 1.82) is 0 Å². The minimum absolute atomic E-state index is 0.113. The molecule has 0 atom stereocenters. The Balaban J connectivity index is 2.10. The van der Waals surface area contributed by atoms with E-state index in [0.29, 0.717) is 33.6 Å². The minimum atomic E-state index is -1.07. The number of nitrogens with one attached hydrogen (secondary N) is 1. The highest BCUT2D eigenvalue weighted by Gasteiger charge is 2.18. The summed E-state index contributed by atoms with van der Waals surface area (Å²) in [5, 5.41) is 10.8. The molecule has 0 aliphatic carbocycles. The molecular formula is C13H9FN2O3S2. The molecule has 3 rings (SSSR count). The van der Waals surface area contributed by atoms with Crippen molar-refractivity contribution in [1.82, 2.24) is 9.97 Å². The molecular weight excluding hydrogens is 315 g/mol. The summed E-state index contributed by atoms with van der Waals surface area (Å²) < 4.78 is 13.0. The molecule has 3 aromatic rings. The number of aromatic amines is 1. The Morgan fingerprint density at radius 2 is 2.29 bits per heavy atom. The van der Waals surface area contributed by atoms with Gasteiger partial charge in [0, 0.05) is 6.42 Å². The van der Waals surface area contributed by atoms with Crippen molar-refractivity contribution in [2.45, 2.75) is 13.3 Å². The average molecular weight is 324 g/mol. The zero-order chi connectivity index (χ0) is 15.1. The number of hydrogen-bond acceptors (Lipinski definition) is 5. The number of carbonyl (C=O) groups is 1. The predicted molar refractivity (Wildman–Crippen MR) is 79.0 cm³/mol. The molecule has 0 bridgehead atoms. The highest BCUT2D eigenvalue weighted by atomic mass is 32.1. The maximum atomic E-state index is 13.0. The van der Waals surface area contributed by atoms with E-state index in [-0.39, 0.29) is 15.6 Å². The molecule has 0 saturated carbocycles. The van der Waals surface area contributed by atoms with Crippen molar-refractivity contribution in [2.24, 2.45) is 0 Å². The standard InChI is InChI=1S/C13H9FN2O3S2/c1-5-9-11(17)15-8(3-6-2-7(14)20-4-6)16-12(9)21-10(5)13(18)19/h2,4H,3H2,1H3,(H,18,19)(H,15,16,17). The summed E-state index contributed by atoms with van der Waals surface area (Å²) in [6.07, 6.45) is 0.297. The molecule has 8 heteroatoms. The summed E-state index contributed by atoms with van der Waals surface area (Å²) in [6, 6.07) is 1.39. The molecule has 0 saturated heterocycles. The number of hydrogen-bond donors (Lipinski definition) is 2. The van der Waals surface area contributed by atoms with Gasteiger partial charge in [-0.05, 0) is 29.5 Å². The predicted octanol–water partition coefficient (Wildman–Crippen LogP) is 2.78. The van der Waals surface area contributed by atoms with Crippen LogP contribution in [-0.4, -0.2) is 21.0 Å². The highest BCUT2D eigenvalue weighted by molar-refractivity contribution is 7.20. The fourth-order valence-corrected chi connectivity index (χ4v) is 3.78. The third-order valence-corrected chi connectivity index (χ3v) is 4.97. The van der Waals surface area contributed by atoms with E-state index >= 15 is 0 Å². The lowest BCUT2D eigenvalue weighted by Gasteiger charge is -1.99. The molecule has 2 N–H and O–H groups in total. The molecule has 3 heterocycles. The average Bonchev–Trinajstić information content (AvgIpc) is 2.94. The summed E-state index contributed by atoms with van der Waals surface area (Å²) in [6.45, 7) is 1.59. The number of aryl methyl sites for hydroxylation is 1. The summed E-state index contributed by atoms with van der Waals surface area (Å²) in [4.78, 5) is 30.6. The third kappa shape index (κ3) is 2.47. The second-order valence-electron chi connectivity index (χ2n) is 4.49. The highest BCUT2D eigenvalue weighted by Crippen LogP contribution is 2.27. The SMILES string of the molecule is Cc1c(C(=O)O)sc2nc(Cc3csc(F)c3)[nH]c(=O)c12. The van der Waals surface area contributed by atoms with Gasteiger partial charge in [0.2, 0.25) is 0 Å². The Hall–Kier alpha value is -2.06. The largest absolute Gasteiger partial charge is 0.477 e. The van der Waals surface area contributed by atoms with Crippen LogP contribution < -0.4 is 5.56 Å². The van der Waals surface area contributed by atoms with E-state index in [1.54, 1.807) is 12.3 Å². The van der Waals surface area contributed by atoms with E-state index in [9.17, 15) is 14.0 Å². The van der Waals surface area contributed by atoms with Gasteiger partial charge in [0.05, 0.1) is 5.39 Å². The van der Waals surface area contributed by atoms with Gasteiger partial charge in [-0.25, -0.2) is 9.78 Å². The Morgan fingerprint density at radius 3 is 2.90 bits per heavy atom. The van der Waals surface area contributed by atoms with E-state index in [4.69, 9.17) is 5.11 Å². The number of aromatic carboxylic acids is 1. The maximum Gasteiger partial charge on any atom is 0.346 e. The van der Waals surface area contributed by atoms with Crippen LogP contribution in [0.1, 0.15) is 26.6 Å². The maximum absolute atomic E-state index is 13.0. The van der Waals surface area contributed by atoms with Crippen molar-refractivity contribution >= 4 is 38.9 Å². The van der Waals surface area contributed by atoms with Crippen LogP contribution in [0.4, 0.5) is 4.39 Å². The second-order valence-corrected chi connectivity index (χ2v) is 6.35. The fourth-order valence-electron chi connectivity index (χ4n) is 2.11. The van der Waals surface area contributed by atoms with Crippen LogP contribution in [0.25, 0.3) is 10.2 Å². The number of thiophene rings is 2. The van der Waals surface area contributed by atoms with Crippen LogP contribution in [0.15, 0.2) is 16.2 Å². The molecule has 0 aliphatic rings.